The Kier molecular flexibility index (Phi) is 4.38. The highest BCUT2D eigenvalue weighted by molar-refractivity contribution is 5.96. The number of esters is 2. The van der Waals surface area contributed by atoms with Gasteiger partial charge in [0.15, 0.2) is 5.78 Å². The molecule has 1 saturated heterocycles. The van der Waals surface area contributed by atoms with E-state index in [9.17, 15) is 19.5 Å². The maximum absolute atomic E-state index is 12.7. The lowest BCUT2D eigenvalue weighted by molar-refractivity contribution is -0.170. The molecule has 3 aliphatic rings. The van der Waals surface area contributed by atoms with Gasteiger partial charge < -0.3 is 14.6 Å². The van der Waals surface area contributed by atoms with Crippen LogP contribution in [0.1, 0.15) is 47.5 Å². The monoisotopic (exact) mass is 362 g/mol. The average Bonchev–Trinajstić information content (AvgIpc) is 2.82. The number of carbonyl (C=O) groups is 3. The number of hydrogen-bond donors (Lipinski definition) is 1. The molecule has 0 aromatic carbocycles. The fourth-order valence-corrected chi connectivity index (χ4v) is 4.84. The molecule has 6 atom stereocenters. The first kappa shape index (κ1) is 18.8. The molecule has 6 nitrogen and oxygen atoms in total. The van der Waals surface area contributed by atoms with E-state index in [2.05, 4.69) is 0 Å². The number of ketones is 1. The topological polar surface area (TPSA) is 89.9 Å². The Balaban J connectivity index is 1.97. The van der Waals surface area contributed by atoms with Gasteiger partial charge in [-0.25, -0.2) is 9.59 Å². The fraction of sp³-hybridized carbons (Fsp3) is 0.650. The number of aliphatic hydroxyl groups excluding tert-OH is 1. The Bertz CT molecular complexity index is 735. The highest BCUT2D eigenvalue weighted by Gasteiger charge is 2.66. The number of carbonyl (C=O) groups excluding carboxylic acids is 3. The molecular formula is C20H26O6. The predicted molar refractivity (Wildman–Crippen MR) is 92.9 cm³/mol. The molecular weight excluding hydrogens is 336 g/mol. The zero-order chi connectivity index (χ0) is 19.4. The number of hydrogen-bond acceptors (Lipinski definition) is 6. The lowest BCUT2D eigenvalue weighted by atomic mass is 9.54. The summed E-state index contributed by atoms with van der Waals surface area (Å²) in [6.07, 6.45) is 2.51. The standard InChI is InChI=1S/C20H26O6/c1-6-10(2)17(23)26-20(5)12-7-8-19(4)14(15(12)25-18(20)24)11(3)9-13(21)16(19)22/h6,9,12,14-16,22H,7-8H2,1-5H3. The van der Waals surface area contributed by atoms with Crippen molar-refractivity contribution in [2.24, 2.45) is 17.3 Å². The van der Waals surface area contributed by atoms with Crippen LogP contribution in [0.4, 0.5) is 0 Å². The number of aliphatic hydroxyl groups is 1. The maximum atomic E-state index is 12.7. The predicted octanol–water partition coefficient (Wildman–Crippen LogP) is 2.10. The van der Waals surface area contributed by atoms with Gasteiger partial charge in [0.1, 0.15) is 12.2 Å². The minimum atomic E-state index is -1.36. The second-order valence-corrected chi connectivity index (χ2v) is 8.16. The van der Waals surface area contributed by atoms with E-state index in [4.69, 9.17) is 9.47 Å². The molecule has 26 heavy (non-hydrogen) atoms. The van der Waals surface area contributed by atoms with Crippen molar-refractivity contribution < 1.29 is 29.0 Å². The molecule has 2 aliphatic carbocycles. The number of allylic oxidation sites excluding steroid dienone is 1. The van der Waals surface area contributed by atoms with E-state index in [0.717, 1.165) is 5.57 Å². The van der Waals surface area contributed by atoms with Gasteiger partial charge in [-0.1, -0.05) is 18.6 Å². The third-order valence-electron chi connectivity index (χ3n) is 6.60. The molecule has 0 aromatic rings. The first-order valence-electron chi connectivity index (χ1n) is 9.03. The summed E-state index contributed by atoms with van der Waals surface area (Å²) >= 11 is 0. The molecule has 0 aromatic heterocycles. The van der Waals surface area contributed by atoms with E-state index >= 15 is 0 Å². The van der Waals surface area contributed by atoms with Crippen LogP contribution in [0.2, 0.25) is 0 Å². The zero-order valence-electron chi connectivity index (χ0n) is 15.9. The first-order chi connectivity index (χ1) is 12.1. The van der Waals surface area contributed by atoms with Crippen LogP contribution in [-0.4, -0.2) is 40.6 Å². The summed E-state index contributed by atoms with van der Waals surface area (Å²) in [6, 6.07) is 0. The fourth-order valence-electron chi connectivity index (χ4n) is 4.84. The van der Waals surface area contributed by atoms with Gasteiger partial charge in [-0.05, 0) is 46.6 Å². The van der Waals surface area contributed by atoms with Crippen molar-refractivity contribution >= 4 is 17.7 Å². The van der Waals surface area contributed by atoms with Crippen molar-refractivity contribution in [3.8, 4) is 0 Å². The Labute approximate surface area is 153 Å². The highest BCUT2D eigenvalue weighted by Crippen LogP contribution is 2.57. The van der Waals surface area contributed by atoms with Gasteiger partial charge in [-0.2, -0.15) is 0 Å². The molecule has 1 heterocycles. The Morgan fingerprint density at radius 2 is 2.04 bits per heavy atom. The summed E-state index contributed by atoms with van der Waals surface area (Å²) in [5.74, 6) is -1.99. The maximum Gasteiger partial charge on any atom is 0.351 e. The van der Waals surface area contributed by atoms with Gasteiger partial charge in [-0.15, -0.1) is 0 Å². The van der Waals surface area contributed by atoms with Crippen LogP contribution >= 0.6 is 0 Å². The molecule has 0 spiro atoms. The van der Waals surface area contributed by atoms with E-state index in [1.54, 1.807) is 26.8 Å². The van der Waals surface area contributed by atoms with E-state index in [-0.39, 0.29) is 17.6 Å². The third kappa shape index (κ3) is 2.46. The SMILES string of the molecule is CC=C(C)C(=O)OC1(C)C(=O)OC2C1CCC1(C)C(O)C(=O)C=C(C)C21. The Hall–Kier alpha value is -1.95. The molecule has 142 valence electrons. The molecule has 0 radical (unpaired) electrons. The van der Waals surface area contributed by atoms with Crippen molar-refractivity contribution in [1.29, 1.82) is 0 Å². The van der Waals surface area contributed by atoms with Crippen LogP contribution in [0.3, 0.4) is 0 Å². The van der Waals surface area contributed by atoms with E-state index < -0.39 is 35.2 Å². The van der Waals surface area contributed by atoms with E-state index in [0.29, 0.717) is 18.4 Å². The first-order valence-corrected chi connectivity index (χ1v) is 9.03. The molecule has 6 heteroatoms. The Morgan fingerprint density at radius 3 is 2.65 bits per heavy atom. The number of fused-ring (bicyclic) bond motifs is 3. The van der Waals surface area contributed by atoms with Crippen LogP contribution < -0.4 is 0 Å². The van der Waals surface area contributed by atoms with Crippen molar-refractivity contribution in [2.75, 3.05) is 0 Å². The lowest BCUT2D eigenvalue weighted by Crippen LogP contribution is -2.57. The summed E-state index contributed by atoms with van der Waals surface area (Å²) in [5, 5.41) is 10.5. The number of ether oxygens (including phenoxy) is 2. The quantitative estimate of drug-likeness (QED) is 0.598. The van der Waals surface area contributed by atoms with Gasteiger partial charge in [0.25, 0.3) is 0 Å². The molecule has 0 amide bonds. The smallest absolute Gasteiger partial charge is 0.351 e. The van der Waals surface area contributed by atoms with Gasteiger partial charge >= 0.3 is 11.9 Å². The van der Waals surface area contributed by atoms with Crippen LogP contribution in [0.25, 0.3) is 0 Å². The lowest BCUT2D eigenvalue weighted by Gasteiger charge is -2.51. The molecule has 6 unspecified atom stereocenters. The molecule has 1 N–H and O–H groups in total. The highest BCUT2D eigenvalue weighted by atomic mass is 16.6. The minimum Gasteiger partial charge on any atom is -0.458 e. The summed E-state index contributed by atoms with van der Waals surface area (Å²) in [4.78, 5) is 37.0. The van der Waals surface area contributed by atoms with E-state index in [1.165, 1.54) is 6.08 Å². The van der Waals surface area contributed by atoms with Crippen molar-refractivity contribution in [3.63, 3.8) is 0 Å². The van der Waals surface area contributed by atoms with Gasteiger partial charge in [0.05, 0.1) is 0 Å². The molecule has 1 saturated carbocycles. The third-order valence-corrected chi connectivity index (χ3v) is 6.60. The van der Waals surface area contributed by atoms with Crippen molar-refractivity contribution in [3.05, 3.63) is 23.3 Å². The Morgan fingerprint density at radius 1 is 1.38 bits per heavy atom. The molecule has 0 bridgehead atoms. The van der Waals surface area contributed by atoms with Crippen LogP contribution in [0, 0.1) is 17.3 Å². The van der Waals surface area contributed by atoms with Crippen LogP contribution in [0.15, 0.2) is 23.3 Å². The van der Waals surface area contributed by atoms with Gasteiger partial charge in [0, 0.05) is 22.8 Å². The molecule has 1 aliphatic heterocycles. The van der Waals surface area contributed by atoms with Gasteiger partial charge in [0.2, 0.25) is 5.60 Å². The van der Waals surface area contributed by atoms with Crippen molar-refractivity contribution in [2.45, 2.75) is 65.3 Å². The summed E-state index contributed by atoms with van der Waals surface area (Å²) in [7, 11) is 0. The summed E-state index contributed by atoms with van der Waals surface area (Å²) in [6.45, 7) is 8.67. The summed E-state index contributed by atoms with van der Waals surface area (Å²) in [5.41, 5.74) is -0.824. The average molecular weight is 362 g/mol. The van der Waals surface area contributed by atoms with Crippen molar-refractivity contribution in [1.82, 2.24) is 0 Å². The molecule has 3 rings (SSSR count). The van der Waals surface area contributed by atoms with Crippen LogP contribution in [0.5, 0.6) is 0 Å². The normalized spacial score (nSPS) is 42.5. The zero-order valence-corrected chi connectivity index (χ0v) is 15.9. The second-order valence-electron chi connectivity index (χ2n) is 8.16. The van der Waals surface area contributed by atoms with E-state index in [1.807, 2.05) is 13.8 Å². The largest absolute Gasteiger partial charge is 0.458 e. The number of rotatable bonds is 2. The molecule has 2 fully saturated rings. The summed E-state index contributed by atoms with van der Waals surface area (Å²) < 4.78 is 11.3. The van der Waals surface area contributed by atoms with Gasteiger partial charge in [-0.3, -0.25) is 4.79 Å². The minimum absolute atomic E-state index is 0.277. The second kappa shape index (κ2) is 6.05. The van der Waals surface area contributed by atoms with Crippen LogP contribution in [-0.2, 0) is 23.9 Å².